The molecule has 1 aromatic carbocycles. The SMILES string of the molecule is O=C(c1cc(Cl)c(Br)cc1F)c1cc(Cl)sc1Cl. The maximum Gasteiger partial charge on any atom is 0.198 e. The molecule has 2 rings (SSSR count). The van der Waals surface area contributed by atoms with Crippen LogP contribution in [0.5, 0.6) is 0 Å². The van der Waals surface area contributed by atoms with Crippen LogP contribution in [0.15, 0.2) is 22.7 Å². The number of carbonyl (C=O) groups excluding carboxylic acids is 1. The normalized spacial score (nSPS) is 10.7. The number of ketones is 1. The van der Waals surface area contributed by atoms with E-state index in [0.29, 0.717) is 8.81 Å². The first-order valence-corrected chi connectivity index (χ1v) is 7.28. The Labute approximate surface area is 130 Å². The molecule has 0 aliphatic rings. The van der Waals surface area contributed by atoms with E-state index in [9.17, 15) is 9.18 Å². The predicted molar refractivity (Wildman–Crippen MR) is 76.9 cm³/mol. The summed E-state index contributed by atoms with van der Waals surface area (Å²) in [5.41, 5.74) is 0.0310. The number of benzene rings is 1. The Morgan fingerprint density at radius 2 is 1.83 bits per heavy atom. The van der Waals surface area contributed by atoms with Gasteiger partial charge in [-0.2, -0.15) is 0 Å². The highest BCUT2D eigenvalue weighted by molar-refractivity contribution is 9.10. The molecule has 0 saturated heterocycles. The molecule has 0 saturated carbocycles. The van der Waals surface area contributed by atoms with Crippen molar-refractivity contribution in [3.05, 3.63) is 53.3 Å². The highest BCUT2D eigenvalue weighted by atomic mass is 79.9. The van der Waals surface area contributed by atoms with Gasteiger partial charge < -0.3 is 0 Å². The van der Waals surface area contributed by atoms with E-state index in [4.69, 9.17) is 34.8 Å². The molecule has 1 aromatic heterocycles. The second-order valence-corrected chi connectivity index (χ2v) is 6.86. The van der Waals surface area contributed by atoms with Gasteiger partial charge in [-0.15, -0.1) is 11.3 Å². The minimum atomic E-state index is -0.672. The molecular weight excluding hydrogens is 385 g/mol. The van der Waals surface area contributed by atoms with Crippen LogP contribution in [0.4, 0.5) is 4.39 Å². The Hall–Kier alpha value is -0.130. The number of hydrogen-bond donors (Lipinski definition) is 0. The fraction of sp³-hybridized carbons (Fsp3) is 0. The van der Waals surface area contributed by atoms with E-state index in [1.807, 2.05) is 0 Å². The lowest BCUT2D eigenvalue weighted by Gasteiger charge is -2.04. The molecule has 0 amide bonds. The first-order valence-electron chi connectivity index (χ1n) is 4.54. The highest BCUT2D eigenvalue weighted by Gasteiger charge is 2.20. The third kappa shape index (κ3) is 2.73. The molecule has 94 valence electrons. The Morgan fingerprint density at radius 1 is 1.17 bits per heavy atom. The molecule has 0 bridgehead atoms. The van der Waals surface area contributed by atoms with Gasteiger partial charge in [0.2, 0.25) is 0 Å². The Balaban J connectivity index is 2.53. The summed E-state index contributed by atoms with van der Waals surface area (Å²) < 4.78 is 14.7. The van der Waals surface area contributed by atoms with Gasteiger partial charge in [-0.05, 0) is 34.1 Å². The van der Waals surface area contributed by atoms with Crippen LogP contribution < -0.4 is 0 Å². The first-order chi connectivity index (χ1) is 8.40. The van der Waals surface area contributed by atoms with Crippen LogP contribution in [0, 0.1) is 5.82 Å². The molecule has 0 atom stereocenters. The van der Waals surface area contributed by atoms with E-state index in [1.54, 1.807) is 0 Å². The van der Waals surface area contributed by atoms with Gasteiger partial charge >= 0.3 is 0 Å². The Morgan fingerprint density at radius 3 is 2.39 bits per heavy atom. The van der Waals surface area contributed by atoms with Gasteiger partial charge in [-0.1, -0.05) is 34.8 Å². The summed E-state index contributed by atoms with van der Waals surface area (Å²) in [5.74, 6) is -1.22. The zero-order valence-electron chi connectivity index (χ0n) is 8.44. The van der Waals surface area contributed by atoms with Gasteiger partial charge in [-0.25, -0.2) is 4.39 Å². The molecule has 0 spiro atoms. The van der Waals surface area contributed by atoms with Crippen LogP contribution in [0.3, 0.4) is 0 Å². The van der Waals surface area contributed by atoms with Crippen LogP contribution in [0.2, 0.25) is 13.7 Å². The monoisotopic (exact) mass is 386 g/mol. The largest absolute Gasteiger partial charge is 0.288 e. The number of carbonyl (C=O) groups is 1. The van der Waals surface area contributed by atoms with E-state index >= 15 is 0 Å². The molecule has 1 heterocycles. The topological polar surface area (TPSA) is 17.1 Å². The minimum absolute atomic E-state index is 0.139. The standard InChI is InChI=1S/C11H3BrCl3FOS/c12-6-3-8(16)4(1-7(6)13)10(17)5-2-9(14)18-11(5)15/h1-3H. The lowest BCUT2D eigenvalue weighted by atomic mass is 10.1. The Bertz CT molecular complexity index is 641. The van der Waals surface area contributed by atoms with Gasteiger partial charge in [0, 0.05) is 4.47 Å². The average molecular weight is 388 g/mol. The summed E-state index contributed by atoms with van der Waals surface area (Å²) in [6.07, 6.45) is 0. The van der Waals surface area contributed by atoms with Crippen LogP contribution in [0.25, 0.3) is 0 Å². The van der Waals surface area contributed by atoms with E-state index in [0.717, 1.165) is 17.4 Å². The lowest BCUT2D eigenvalue weighted by Crippen LogP contribution is -2.03. The number of thiophene rings is 1. The van der Waals surface area contributed by atoms with Gasteiger partial charge in [0.25, 0.3) is 0 Å². The second kappa shape index (κ2) is 5.47. The van der Waals surface area contributed by atoms with Crippen LogP contribution in [0.1, 0.15) is 15.9 Å². The van der Waals surface area contributed by atoms with Gasteiger partial charge in [0.15, 0.2) is 5.78 Å². The number of hydrogen-bond acceptors (Lipinski definition) is 2. The molecule has 1 nitrogen and oxygen atoms in total. The quantitative estimate of drug-likeness (QED) is 0.466. The number of halogens is 5. The van der Waals surface area contributed by atoms with E-state index in [2.05, 4.69) is 15.9 Å². The minimum Gasteiger partial charge on any atom is -0.288 e. The van der Waals surface area contributed by atoms with E-state index in [1.165, 1.54) is 12.1 Å². The molecule has 0 aliphatic carbocycles. The summed E-state index contributed by atoms with van der Waals surface area (Å²) in [6, 6.07) is 3.80. The van der Waals surface area contributed by atoms with Crippen molar-refractivity contribution in [2.75, 3.05) is 0 Å². The van der Waals surface area contributed by atoms with Crippen LogP contribution >= 0.6 is 62.1 Å². The maximum absolute atomic E-state index is 13.7. The summed E-state index contributed by atoms with van der Waals surface area (Å²) in [7, 11) is 0. The maximum atomic E-state index is 13.7. The third-order valence-electron chi connectivity index (χ3n) is 2.16. The van der Waals surface area contributed by atoms with Crippen molar-refractivity contribution >= 4 is 67.9 Å². The van der Waals surface area contributed by atoms with Crippen molar-refractivity contribution in [1.29, 1.82) is 0 Å². The van der Waals surface area contributed by atoms with Crippen molar-refractivity contribution in [2.24, 2.45) is 0 Å². The Kier molecular flexibility index (Phi) is 4.34. The van der Waals surface area contributed by atoms with Gasteiger partial charge in [0.05, 0.1) is 20.5 Å². The second-order valence-electron chi connectivity index (χ2n) is 3.31. The molecule has 0 fully saturated rings. The molecule has 0 unspecified atom stereocenters. The van der Waals surface area contributed by atoms with Crippen molar-refractivity contribution in [2.45, 2.75) is 0 Å². The molecule has 0 aliphatic heterocycles. The molecule has 7 heteroatoms. The van der Waals surface area contributed by atoms with Crippen molar-refractivity contribution in [1.82, 2.24) is 0 Å². The van der Waals surface area contributed by atoms with Crippen molar-refractivity contribution in [3.63, 3.8) is 0 Å². The summed E-state index contributed by atoms with van der Waals surface area (Å²) in [6.45, 7) is 0. The predicted octanol–water partition coefficient (Wildman–Crippen LogP) is 5.84. The smallest absolute Gasteiger partial charge is 0.198 e. The fourth-order valence-corrected chi connectivity index (χ4v) is 3.27. The van der Waals surface area contributed by atoms with Crippen LogP contribution in [-0.4, -0.2) is 5.78 Å². The van der Waals surface area contributed by atoms with Crippen molar-refractivity contribution in [3.8, 4) is 0 Å². The molecule has 0 radical (unpaired) electrons. The number of rotatable bonds is 2. The third-order valence-corrected chi connectivity index (χ3v) is 4.84. The first kappa shape index (κ1) is 14.3. The van der Waals surface area contributed by atoms with E-state index in [-0.39, 0.29) is 20.5 Å². The average Bonchev–Trinajstić information content (AvgIpc) is 2.62. The molecular formula is C11H3BrCl3FOS. The summed E-state index contributed by atoms with van der Waals surface area (Å²) in [4.78, 5) is 12.1. The van der Waals surface area contributed by atoms with Gasteiger partial charge in [-0.3, -0.25) is 4.79 Å². The summed E-state index contributed by atoms with van der Waals surface area (Å²) in [5, 5.41) is 0.247. The fourth-order valence-electron chi connectivity index (χ4n) is 1.34. The zero-order chi connectivity index (χ0) is 13.4. The van der Waals surface area contributed by atoms with Gasteiger partial charge in [0.1, 0.15) is 10.2 Å². The highest BCUT2D eigenvalue weighted by Crippen LogP contribution is 2.34. The summed E-state index contributed by atoms with van der Waals surface area (Å²) >= 11 is 21.6. The lowest BCUT2D eigenvalue weighted by molar-refractivity contribution is 0.103. The molecule has 0 N–H and O–H groups in total. The van der Waals surface area contributed by atoms with Crippen molar-refractivity contribution < 1.29 is 9.18 Å². The van der Waals surface area contributed by atoms with Crippen LogP contribution in [-0.2, 0) is 0 Å². The zero-order valence-corrected chi connectivity index (χ0v) is 13.1. The molecule has 18 heavy (non-hydrogen) atoms. The van der Waals surface area contributed by atoms with E-state index < -0.39 is 11.6 Å². The molecule has 2 aromatic rings.